The first-order valence-corrected chi connectivity index (χ1v) is 12.0. The van der Waals surface area contributed by atoms with Gasteiger partial charge >= 0.3 is 0 Å². The minimum atomic E-state index is -0.364. The minimum absolute atomic E-state index is 0.0682. The van der Waals surface area contributed by atoms with Crippen LogP contribution in [0.25, 0.3) is 11.3 Å². The molecule has 0 fully saturated rings. The quantitative estimate of drug-likeness (QED) is 0.217. The lowest BCUT2D eigenvalue weighted by Crippen LogP contribution is -2.18. The first-order chi connectivity index (χ1) is 16.4. The molecule has 3 aromatic carbocycles. The number of non-ortho nitro benzene ring substituents is 1. The number of thiazole rings is 1. The number of aryl methyl sites for hydroxylation is 2. The Labute approximate surface area is 206 Å². The van der Waals surface area contributed by atoms with Gasteiger partial charge in [0.15, 0.2) is 0 Å². The molecule has 4 aromatic rings. The molecule has 1 aromatic heterocycles. The molecule has 0 bridgehead atoms. The smallest absolute Gasteiger partial charge is 0.258 e. The number of hydrogen-bond donors (Lipinski definition) is 0. The van der Waals surface area contributed by atoms with Gasteiger partial charge in [0.05, 0.1) is 22.4 Å². The summed E-state index contributed by atoms with van der Waals surface area (Å²) in [5.74, 6) is 0. The van der Waals surface area contributed by atoms with Crippen molar-refractivity contribution in [1.82, 2.24) is 4.98 Å². The standard InChI is InChI=1S/C26H21ClN4O2S/c1-16-6-7-17(2)22(12-16)23-14-25(19-4-3-5-21(13-19)31(32)33)30(29-23)26-28-24(15-34-26)18-8-10-20(27)11-9-18/h3-13,15,25H,14H2,1-2H3/t25-/m1/s1. The summed E-state index contributed by atoms with van der Waals surface area (Å²) in [5, 5.41) is 21.7. The van der Waals surface area contributed by atoms with Gasteiger partial charge in [0.1, 0.15) is 0 Å². The molecule has 0 radical (unpaired) electrons. The van der Waals surface area contributed by atoms with Gasteiger partial charge in [-0.3, -0.25) is 10.1 Å². The number of nitro benzene ring substituents is 1. The number of nitro groups is 1. The predicted molar refractivity (Wildman–Crippen MR) is 138 cm³/mol. The second-order valence-corrected chi connectivity index (χ2v) is 9.58. The van der Waals surface area contributed by atoms with Crippen LogP contribution < -0.4 is 5.01 Å². The van der Waals surface area contributed by atoms with Gasteiger partial charge in [-0.05, 0) is 43.2 Å². The van der Waals surface area contributed by atoms with E-state index in [4.69, 9.17) is 21.7 Å². The van der Waals surface area contributed by atoms with E-state index in [-0.39, 0.29) is 16.7 Å². The molecule has 0 amide bonds. The fourth-order valence-electron chi connectivity index (χ4n) is 4.12. The Hall–Kier alpha value is -3.55. The molecule has 0 saturated heterocycles. The summed E-state index contributed by atoms with van der Waals surface area (Å²) >= 11 is 7.54. The Morgan fingerprint density at radius 2 is 1.88 bits per heavy atom. The predicted octanol–water partition coefficient (Wildman–Crippen LogP) is 7.34. The molecule has 5 rings (SSSR count). The Morgan fingerprint density at radius 3 is 2.65 bits per heavy atom. The largest absolute Gasteiger partial charge is 0.269 e. The van der Waals surface area contributed by atoms with Crippen molar-refractivity contribution in [3.8, 4) is 11.3 Å². The second kappa shape index (κ2) is 9.00. The summed E-state index contributed by atoms with van der Waals surface area (Å²) in [4.78, 5) is 15.9. The number of nitrogens with zero attached hydrogens (tertiary/aromatic N) is 4. The van der Waals surface area contributed by atoms with Crippen LogP contribution in [0.4, 0.5) is 10.8 Å². The normalized spacial score (nSPS) is 15.4. The lowest BCUT2D eigenvalue weighted by Gasteiger charge is -2.21. The maximum atomic E-state index is 11.4. The van der Waals surface area contributed by atoms with Crippen molar-refractivity contribution in [1.29, 1.82) is 0 Å². The van der Waals surface area contributed by atoms with Crippen LogP contribution in [0.5, 0.6) is 0 Å². The molecule has 2 heterocycles. The molecule has 0 spiro atoms. The van der Waals surface area contributed by atoms with Crippen molar-refractivity contribution in [2.45, 2.75) is 26.3 Å². The molecule has 1 aliphatic heterocycles. The SMILES string of the molecule is Cc1ccc(C)c(C2=NN(c3nc(-c4ccc(Cl)cc4)cs3)[C@@H](c3cccc([N+](=O)[O-])c3)C2)c1. The van der Waals surface area contributed by atoms with Crippen LogP contribution >= 0.6 is 22.9 Å². The summed E-state index contributed by atoms with van der Waals surface area (Å²) in [6.45, 7) is 4.14. The van der Waals surface area contributed by atoms with Gasteiger partial charge in [-0.15, -0.1) is 11.3 Å². The van der Waals surface area contributed by atoms with Crippen molar-refractivity contribution in [3.63, 3.8) is 0 Å². The lowest BCUT2D eigenvalue weighted by molar-refractivity contribution is -0.384. The maximum absolute atomic E-state index is 11.4. The first kappa shape index (κ1) is 22.3. The fourth-order valence-corrected chi connectivity index (χ4v) is 5.08. The highest BCUT2D eigenvalue weighted by Crippen LogP contribution is 2.40. The molecule has 1 aliphatic rings. The van der Waals surface area contributed by atoms with Crippen LogP contribution in [0.1, 0.15) is 34.7 Å². The van der Waals surface area contributed by atoms with Gasteiger partial charge < -0.3 is 0 Å². The number of hydrazone groups is 1. The third kappa shape index (κ3) is 4.32. The molecule has 0 unspecified atom stereocenters. The Morgan fingerprint density at radius 1 is 1.09 bits per heavy atom. The third-order valence-electron chi connectivity index (χ3n) is 5.91. The van der Waals surface area contributed by atoms with Crippen LogP contribution in [0.2, 0.25) is 5.02 Å². The number of anilines is 1. The topological polar surface area (TPSA) is 71.6 Å². The van der Waals surface area contributed by atoms with Gasteiger partial charge in [-0.1, -0.05) is 53.6 Å². The van der Waals surface area contributed by atoms with Gasteiger partial charge in [-0.2, -0.15) is 5.10 Å². The van der Waals surface area contributed by atoms with Crippen LogP contribution in [-0.4, -0.2) is 15.6 Å². The maximum Gasteiger partial charge on any atom is 0.269 e. The van der Waals surface area contributed by atoms with E-state index >= 15 is 0 Å². The first-order valence-electron chi connectivity index (χ1n) is 10.8. The van der Waals surface area contributed by atoms with Gasteiger partial charge in [0.2, 0.25) is 5.13 Å². The van der Waals surface area contributed by atoms with E-state index in [0.29, 0.717) is 11.4 Å². The highest BCUT2D eigenvalue weighted by molar-refractivity contribution is 7.14. The number of benzene rings is 3. The van der Waals surface area contributed by atoms with E-state index in [2.05, 4.69) is 32.0 Å². The average Bonchev–Trinajstić information content (AvgIpc) is 3.49. The number of halogens is 1. The monoisotopic (exact) mass is 488 g/mol. The molecular weight excluding hydrogens is 468 g/mol. The Kier molecular flexibility index (Phi) is 5.89. The van der Waals surface area contributed by atoms with E-state index in [1.54, 1.807) is 12.1 Å². The zero-order valence-electron chi connectivity index (χ0n) is 18.6. The molecule has 34 heavy (non-hydrogen) atoms. The number of rotatable bonds is 5. The molecule has 6 nitrogen and oxygen atoms in total. The highest BCUT2D eigenvalue weighted by Gasteiger charge is 2.33. The van der Waals surface area contributed by atoms with Crippen molar-refractivity contribution in [2.75, 3.05) is 5.01 Å². The number of aromatic nitrogens is 1. The summed E-state index contributed by atoms with van der Waals surface area (Å²) < 4.78 is 0. The van der Waals surface area contributed by atoms with Crippen LogP contribution in [0.3, 0.4) is 0 Å². The molecule has 0 saturated carbocycles. The van der Waals surface area contributed by atoms with E-state index in [1.807, 2.05) is 40.7 Å². The zero-order chi connectivity index (χ0) is 23.8. The van der Waals surface area contributed by atoms with Crippen LogP contribution in [0.15, 0.2) is 77.2 Å². The third-order valence-corrected chi connectivity index (χ3v) is 6.99. The van der Waals surface area contributed by atoms with Crippen molar-refractivity contribution >= 4 is 39.5 Å². The van der Waals surface area contributed by atoms with Gasteiger partial charge in [0, 0.05) is 40.1 Å². The lowest BCUT2D eigenvalue weighted by atomic mass is 9.95. The van der Waals surface area contributed by atoms with Crippen LogP contribution in [0, 0.1) is 24.0 Å². The Balaban J connectivity index is 1.57. The van der Waals surface area contributed by atoms with Crippen molar-refractivity contribution in [3.05, 3.63) is 110 Å². The van der Waals surface area contributed by atoms with E-state index < -0.39 is 0 Å². The summed E-state index contributed by atoms with van der Waals surface area (Å²) in [5.41, 5.74) is 7.05. The van der Waals surface area contributed by atoms with Gasteiger partial charge in [-0.25, -0.2) is 9.99 Å². The molecule has 1 atom stereocenters. The molecule has 0 aliphatic carbocycles. The van der Waals surface area contributed by atoms with Crippen LogP contribution in [-0.2, 0) is 0 Å². The number of hydrogen-bond acceptors (Lipinski definition) is 6. The van der Waals surface area contributed by atoms with Gasteiger partial charge in [0.25, 0.3) is 5.69 Å². The zero-order valence-corrected chi connectivity index (χ0v) is 20.2. The average molecular weight is 489 g/mol. The summed E-state index contributed by atoms with van der Waals surface area (Å²) in [7, 11) is 0. The van der Waals surface area contributed by atoms with Crippen molar-refractivity contribution in [2.24, 2.45) is 5.10 Å². The molecule has 0 N–H and O–H groups in total. The second-order valence-electron chi connectivity index (χ2n) is 8.30. The van der Waals surface area contributed by atoms with E-state index in [0.717, 1.165) is 44.4 Å². The highest BCUT2D eigenvalue weighted by atomic mass is 35.5. The fraction of sp³-hybridized carbons (Fsp3) is 0.154. The van der Waals surface area contributed by atoms with E-state index in [9.17, 15) is 10.1 Å². The molecular formula is C26H21ClN4O2S. The minimum Gasteiger partial charge on any atom is -0.258 e. The van der Waals surface area contributed by atoms with E-state index in [1.165, 1.54) is 17.4 Å². The van der Waals surface area contributed by atoms with Crippen molar-refractivity contribution < 1.29 is 4.92 Å². The summed E-state index contributed by atoms with van der Waals surface area (Å²) in [6, 6.07) is 20.5. The summed E-state index contributed by atoms with van der Waals surface area (Å²) in [6.07, 6.45) is 0.626. The molecule has 170 valence electrons. The molecule has 8 heteroatoms. The Bertz CT molecular complexity index is 1410.